The standard InChI is InChI=1S/C12H20BrN3O/c1-12(2,3)16-10(8-13)14-15-11(16)9-6-4-5-7-17-9/h9H,4-8H2,1-3H3. The number of aromatic nitrogens is 3. The highest BCUT2D eigenvalue weighted by Crippen LogP contribution is 2.30. The van der Waals surface area contributed by atoms with Crippen molar-refractivity contribution in [1.82, 2.24) is 14.8 Å². The van der Waals surface area contributed by atoms with Crippen LogP contribution in [0.1, 0.15) is 57.8 Å². The Morgan fingerprint density at radius 2 is 2.12 bits per heavy atom. The molecule has 1 saturated heterocycles. The molecular formula is C12H20BrN3O. The van der Waals surface area contributed by atoms with Gasteiger partial charge in [0.15, 0.2) is 5.82 Å². The third-order valence-corrected chi connectivity index (χ3v) is 3.51. The summed E-state index contributed by atoms with van der Waals surface area (Å²) >= 11 is 3.47. The van der Waals surface area contributed by atoms with E-state index in [1.165, 1.54) is 6.42 Å². The Bertz CT molecular complexity index is 378. The van der Waals surface area contributed by atoms with Crippen LogP contribution < -0.4 is 0 Å². The fourth-order valence-electron chi connectivity index (χ4n) is 2.30. The number of rotatable bonds is 2. The predicted octanol–water partition coefficient (Wildman–Crippen LogP) is 3.17. The summed E-state index contributed by atoms with van der Waals surface area (Å²) in [5.74, 6) is 1.95. The van der Waals surface area contributed by atoms with E-state index in [9.17, 15) is 0 Å². The van der Waals surface area contributed by atoms with Crippen LogP contribution in [0.4, 0.5) is 0 Å². The Hall–Kier alpha value is -0.420. The summed E-state index contributed by atoms with van der Waals surface area (Å²) in [6.45, 7) is 7.36. The van der Waals surface area contributed by atoms with E-state index in [0.29, 0.717) is 0 Å². The van der Waals surface area contributed by atoms with Crippen LogP contribution in [0.25, 0.3) is 0 Å². The molecule has 0 aromatic carbocycles. The van der Waals surface area contributed by atoms with Crippen molar-refractivity contribution < 1.29 is 4.74 Å². The summed E-state index contributed by atoms with van der Waals surface area (Å²) in [5.41, 5.74) is -0.0112. The summed E-state index contributed by atoms with van der Waals surface area (Å²) in [6, 6.07) is 0. The molecule has 1 fully saturated rings. The van der Waals surface area contributed by atoms with E-state index in [4.69, 9.17) is 4.74 Å². The Balaban J connectivity index is 2.36. The maximum Gasteiger partial charge on any atom is 0.162 e. The van der Waals surface area contributed by atoms with Crippen LogP contribution in [-0.2, 0) is 15.6 Å². The second-order valence-corrected chi connectivity index (χ2v) is 6.03. The van der Waals surface area contributed by atoms with E-state index >= 15 is 0 Å². The van der Waals surface area contributed by atoms with E-state index < -0.39 is 0 Å². The molecule has 0 aliphatic carbocycles. The molecule has 2 rings (SSSR count). The third-order valence-electron chi connectivity index (χ3n) is 3.01. The van der Waals surface area contributed by atoms with Gasteiger partial charge in [0.2, 0.25) is 0 Å². The maximum atomic E-state index is 5.82. The summed E-state index contributed by atoms with van der Waals surface area (Å²) in [5, 5.41) is 9.32. The van der Waals surface area contributed by atoms with Gasteiger partial charge in [-0.15, -0.1) is 10.2 Å². The average molecular weight is 302 g/mol. The lowest BCUT2D eigenvalue weighted by Crippen LogP contribution is -2.28. The van der Waals surface area contributed by atoms with E-state index in [-0.39, 0.29) is 11.6 Å². The van der Waals surface area contributed by atoms with Crippen molar-refractivity contribution in [3.8, 4) is 0 Å². The molecule has 5 heteroatoms. The highest BCUT2D eigenvalue weighted by Gasteiger charge is 2.28. The molecule has 96 valence electrons. The summed E-state index contributed by atoms with van der Waals surface area (Å²) in [6.07, 6.45) is 3.54. The second kappa shape index (κ2) is 5.06. The zero-order valence-corrected chi connectivity index (χ0v) is 12.3. The molecule has 1 aliphatic heterocycles. The molecule has 0 N–H and O–H groups in total. The Labute approximate surface area is 111 Å². The van der Waals surface area contributed by atoms with Crippen LogP contribution >= 0.6 is 15.9 Å². The molecule has 2 heterocycles. The normalized spacial score (nSPS) is 21.8. The average Bonchev–Trinajstić information content (AvgIpc) is 2.73. The van der Waals surface area contributed by atoms with Crippen molar-refractivity contribution in [1.29, 1.82) is 0 Å². The van der Waals surface area contributed by atoms with Crippen LogP contribution in [-0.4, -0.2) is 21.4 Å². The molecular weight excluding hydrogens is 282 g/mol. The fourth-order valence-corrected chi connectivity index (χ4v) is 2.66. The second-order valence-electron chi connectivity index (χ2n) is 5.47. The first kappa shape index (κ1) is 13.0. The number of hydrogen-bond acceptors (Lipinski definition) is 3. The Kier molecular flexibility index (Phi) is 3.88. The number of hydrogen-bond donors (Lipinski definition) is 0. The predicted molar refractivity (Wildman–Crippen MR) is 70.2 cm³/mol. The molecule has 1 aromatic heterocycles. The maximum absolute atomic E-state index is 5.82. The van der Waals surface area contributed by atoms with Crippen LogP contribution in [0.5, 0.6) is 0 Å². The van der Waals surface area contributed by atoms with Crippen molar-refractivity contribution >= 4 is 15.9 Å². The van der Waals surface area contributed by atoms with Gasteiger partial charge in [-0.2, -0.15) is 0 Å². The molecule has 1 atom stereocenters. The van der Waals surface area contributed by atoms with Gasteiger partial charge in [-0.05, 0) is 40.0 Å². The summed E-state index contributed by atoms with van der Waals surface area (Å²) in [7, 11) is 0. The quantitative estimate of drug-likeness (QED) is 0.788. The highest BCUT2D eigenvalue weighted by molar-refractivity contribution is 9.08. The number of halogens is 1. The number of alkyl halides is 1. The monoisotopic (exact) mass is 301 g/mol. The van der Waals surface area contributed by atoms with Gasteiger partial charge in [0.1, 0.15) is 11.9 Å². The van der Waals surface area contributed by atoms with E-state index in [2.05, 4.69) is 51.5 Å². The first-order valence-electron chi connectivity index (χ1n) is 6.16. The zero-order chi connectivity index (χ0) is 12.5. The van der Waals surface area contributed by atoms with Gasteiger partial charge < -0.3 is 9.30 Å². The van der Waals surface area contributed by atoms with Crippen LogP contribution in [0, 0.1) is 0 Å². The fraction of sp³-hybridized carbons (Fsp3) is 0.833. The summed E-state index contributed by atoms with van der Waals surface area (Å²) < 4.78 is 8.03. The first-order valence-corrected chi connectivity index (χ1v) is 7.28. The molecule has 0 spiro atoms. The molecule has 17 heavy (non-hydrogen) atoms. The van der Waals surface area contributed by atoms with Crippen molar-refractivity contribution in [2.45, 2.75) is 57.0 Å². The molecule has 1 aliphatic rings. The largest absolute Gasteiger partial charge is 0.370 e. The van der Waals surface area contributed by atoms with Gasteiger partial charge in [0.25, 0.3) is 0 Å². The lowest BCUT2D eigenvalue weighted by Gasteiger charge is -2.29. The molecule has 4 nitrogen and oxygen atoms in total. The SMILES string of the molecule is CC(C)(C)n1c(CBr)nnc1C1CCCCO1. The van der Waals surface area contributed by atoms with Crippen molar-refractivity contribution in [2.75, 3.05) is 6.61 Å². The van der Waals surface area contributed by atoms with E-state index in [0.717, 1.165) is 36.4 Å². The topological polar surface area (TPSA) is 39.9 Å². The van der Waals surface area contributed by atoms with Crippen molar-refractivity contribution in [3.63, 3.8) is 0 Å². The van der Waals surface area contributed by atoms with E-state index in [1.54, 1.807) is 0 Å². The number of nitrogens with zero attached hydrogens (tertiary/aromatic N) is 3. The molecule has 0 amide bonds. The molecule has 0 bridgehead atoms. The smallest absolute Gasteiger partial charge is 0.162 e. The molecule has 1 aromatic rings. The molecule has 0 radical (unpaired) electrons. The molecule has 0 saturated carbocycles. The van der Waals surface area contributed by atoms with Gasteiger partial charge in [-0.25, -0.2) is 0 Å². The third kappa shape index (κ3) is 2.71. The van der Waals surface area contributed by atoms with Gasteiger partial charge in [0, 0.05) is 12.1 Å². The van der Waals surface area contributed by atoms with Crippen LogP contribution in [0.2, 0.25) is 0 Å². The van der Waals surface area contributed by atoms with Gasteiger partial charge in [-0.1, -0.05) is 15.9 Å². The van der Waals surface area contributed by atoms with Crippen molar-refractivity contribution in [3.05, 3.63) is 11.6 Å². The Morgan fingerprint density at radius 1 is 1.35 bits per heavy atom. The minimum absolute atomic E-state index is 0.0112. The van der Waals surface area contributed by atoms with Gasteiger partial charge in [-0.3, -0.25) is 0 Å². The molecule has 1 unspecified atom stereocenters. The number of ether oxygens (including phenoxy) is 1. The zero-order valence-electron chi connectivity index (χ0n) is 10.7. The van der Waals surface area contributed by atoms with Crippen LogP contribution in [0.3, 0.4) is 0 Å². The lowest BCUT2D eigenvalue weighted by atomic mass is 10.0. The summed E-state index contributed by atoms with van der Waals surface area (Å²) in [4.78, 5) is 0. The highest BCUT2D eigenvalue weighted by atomic mass is 79.9. The van der Waals surface area contributed by atoms with Gasteiger partial charge in [0.05, 0.1) is 5.33 Å². The first-order chi connectivity index (χ1) is 8.04. The van der Waals surface area contributed by atoms with E-state index in [1.807, 2.05) is 0 Å². The lowest BCUT2D eigenvalue weighted by molar-refractivity contribution is 0.00493. The van der Waals surface area contributed by atoms with Crippen LogP contribution in [0.15, 0.2) is 0 Å². The Morgan fingerprint density at radius 3 is 2.65 bits per heavy atom. The van der Waals surface area contributed by atoms with Gasteiger partial charge >= 0.3 is 0 Å². The van der Waals surface area contributed by atoms with Crippen molar-refractivity contribution in [2.24, 2.45) is 0 Å². The minimum atomic E-state index is -0.0112. The minimum Gasteiger partial charge on any atom is -0.370 e.